The lowest BCUT2D eigenvalue weighted by Gasteiger charge is -2.33. The maximum atomic E-state index is 11.6. The molecule has 1 unspecified atom stereocenters. The third-order valence-corrected chi connectivity index (χ3v) is 3.78. The summed E-state index contributed by atoms with van der Waals surface area (Å²) in [4.78, 5) is 11.6. The Morgan fingerprint density at radius 3 is 2.55 bits per heavy atom. The van der Waals surface area contributed by atoms with Crippen molar-refractivity contribution in [2.75, 3.05) is 0 Å². The Morgan fingerprint density at radius 2 is 2.00 bits per heavy atom. The van der Waals surface area contributed by atoms with Crippen molar-refractivity contribution in [1.82, 2.24) is 0 Å². The van der Waals surface area contributed by atoms with Gasteiger partial charge in [0.2, 0.25) is 0 Å². The summed E-state index contributed by atoms with van der Waals surface area (Å²) in [7, 11) is 0. The lowest BCUT2D eigenvalue weighted by molar-refractivity contribution is -0.140. The highest BCUT2D eigenvalue weighted by Gasteiger charge is 2.26. The average Bonchev–Trinajstić information content (AvgIpc) is 2.25. The fraction of sp³-hybridized carbons (Fsp3) is 0.611. The predicted octanol–water partition coefficient (Wildman–Crippen LogP) is 4.97. The van der Waals surface area contributed by atoms with Crippen LogP contribution in [0.3, 0.4) is 0 Å². The van der Waals surface area contributed by atoms with E-state index in [4.69, 9.17) is 4.74 Å². The molecule has 0 aliphatic heterocycles. The van der Waals surface area contributed by atoms with Gasteiger partial charge in [0.15, 0.2) is 0 Å². The van der Waals surface area contributed by atoms with Crippen molar-refractivity contribution in [3.05, 3.63) is 34.9 Å². The molecular weight excluding hydrogens is 248 g/mol. The second-order valence-electron chi connectivity index (χ2n) is 6.65. The molecule has 0 bridgehead atoms. The monoisotopic (exact) mass is 276 g/mol. The molecule has 20 heavy (non-hydrogen) atoms. The van der Waals surface area contributed by atoms with Gasteiger partial charge in [-0.25, -0.2) is 4.79 Å². The second kappa shape index (κ2) is 6.92. The van der Waals surface area contributed by atoms with Crippen LogP contribution in [0.1, 0.15) is 60.8 Å². The number of esters is 1. The Kier molecular flexibility index (Phi) is 5.79. The van der Waals surface area contributed by atoms with Crippen molar-refractivity contribution >= 4 is 5.97 Å². The molecule has 0 spiro atoms. The number of rotatable bonds is 4. The Labute approximate surface area is 123 Å². The van der Waals surface area contributed by atoms with E-state index in [2.05, 4.69) is 26.8 Å². The number of ether oxygens (including phenoxy) is 1. The molecule has 2 heteroatoms. The summed E-state index contributed by atoms with van der Waals surface area (Å²) in [6, 6.07) is 0. The molecule has 0 aromatic carbocycles. The SMILES string of the molecule is CC(C)=CC(=O)OC(C)/C=C/C1=C(C)CCCC1(C)C. The minimum Gasteiger partial charge on any atom is -0.455 e. The van der Waals surface area contributed by atoms with Crippen molar-refractivity contribution in [1.29, 1.82) is 0 Å². The molecule has 1 aliphatic carbocycles. The molecule has 0 amide bonds. The van der Waals surface area contributed by atoms with E-state index in [-0.39, 0.29) is 17.5 Å². The van der Waals surface area contributed by atoms with Crippen LogP contribution in [0.2, 0.25) is 0 Å². The zero-order chi connectivity index (χ0) is 15.3. The van der Waals surface area contributed by atoms with Crippen LogP contribution in [0.15, 0.2) is 34.9 Å². The van der Waals surface area contributed by atoms with Gasteiger partial charge >= 0.3 is 5.97 Å². The third kappa shape index (κ3) is 4.99. The van der Waals surface area contributed by atoms with E-state index < -0.39 is 0 Å². The van der Waals surface area contributed by atoms with E-state index >= 15 is 0 Å². The van der Waals surface area contributed by atoms with Crippen molar-refractivity contribution in [3.63, 3.8) is 0 Å². The first-order chi connectivity index (χ1) is 9.22. The summed E-state index contributed by atoms with van der Waals surface area (Å²) in [6.07, 6.45) is 9.12. The number of carbonyl (C=O) groups excluding carboxylic acids is 1. The van der Waals surface area contributed by atoms with Crippen LogP contribution in [0.5, 0.6) is 0 Å². The highest BCUT2D eigenvalue weighted by atomic mass is 16.5. The van der Waals surface area contributed by atoms with Crippen LogP contribution in [0.25, 0.3) is 0 Å². The van der Waals surface area contributed by atoms with Crippen LogP contribution < -0.4 is 0 Å². The standard InChI is InChI=1S/C18H28O2/c1-13(2)12-17(19)20-15(4)9-10-16-14(3)8-7-11-18(16,5)6/h9-10,12,15H,7-8,11H2,1-6H3/b10-9+. The molecule has 0 heterocycles. The van der Waals surface area contributed by atoms with Gasteiger partial charge in [0, 0.05) is 6.08 Å². The largest absolute Gasteiger partial charge is 0.455 e. The summed E-state index contributed by atoms with van der Waals surface area (Å²) in [6.45, 7) is 12.5. The molecule has 0 N–H and O–H groups in total. The minimum absolute atomic E-state index is 0.198. The fourth-order valence-corrected chi connectivity index (χ4v) is 2.73. The van der Waals surface area contributed by atoms with E-state index in [1.165, 1.54) is 36.5 Å². The normalized spacial score (nSPS) is 19.9. The molecule has 0 aromatic heterocycles. The van der Waals surface area contributed by atoms with Gasteiger partial charge in [-0.15, -0.1) is 0 Å². The van der Waals surface area contributed by atoms with Crippen LogP contribution in [0, 0.1) is 5.41 Å². The van der Waals surface area contributed by atoms with E-state index in [0.717, 1.165) is 5.57 Å². The number of allylic oxidation sites excluding steroid dienone is 4. The lowest BCUT2D eigenvalue weighted by Crippen LogP contribution is -2.19. The third-order valence-electron chi connectivity index (χ3n) is 3.78. The molecule has 0 saturated carbocycles. The van der Waals surface area contributed by atoms with Crippen molar-refractivity contribution in [2.24, 2.45) is 5.41 Å². The molecule has 112 valence electrons. The molecular formula is C18H28O2. The predicted molar refractivity (Wildman–Crippen MR) is 84.5 cm³/mol. The van der Waals surface area contributed by atoms with Crippen LogP contribution in [-0.2, 0) is 9.53 Å². The average molecular weight is 276 g/mol. The first-order valence-corrected chi connectivity index (χ1v) is 7.46. The quantitative estimate of drug-likeness (QED) is 0.535. The summed E-state index contributed by atoms with van der Waals surface area (Å²) in [5.74, 6) is -0.268. The smallest absolute Gasteiger partial charge is 0.331 e. The number of hydrogen-bond acceptors (Lipinski definition) is 2. The van der Waals surface area contributed by atoms with E-state index in [0.29, 0.717) is 0 Å². The Bertz CT molecular complexity index is 446. The van der Waals surface area contributed by atoms with Gasteiger partial charge in [-0.05, 0) is 64.0 Å². The molecule has 0 fully saturated rings. The Morgan fingerprint density at radius 1 is 1.35 bits per heavy atom. The highest BCUT2D eigenvalue weighted by Crippen LogP contribution is 2.40. The van der Waals surface area contributed by atoms with Gasteiger partial charge in [-0.3, -0.25) is 0 Å². The Hall–Kier alpha value is -1.31. The number of hydrogen-bond donors (Lipinski definition) is 0. The van der Waals surface area contributed by atoms with Crippen LogP contribution >= 0.6 is 0 Å². The van der Waals surface area contributed by atoms with E-state index in [9.17, 15) is 4.79 Å². The molecule has 1 rings (SSSR count). The van der Waals surface area contributed by atoms with Gasteiger partial charge in [-0.1, -0.05) is 31.1 Å². The van der Waals surface area contributed by atoms with Gasteiger partial charge in [0.05, 0.1) is 0 Å². The summed E-state index contributed by atoms with van der Waals surface area (Å²) in [5.41, 5.74) is 4.04. The molecule has 1 atom stereocenters. The second-order valence-corrected chi connectivity index (χ2v) is 6.65. The van der Waals surface area contributed by atoms with Crippen LogP contribution in [-0.4, -0.2) is 12.1 Å². The highest BCUT2D eigenvalue weighted by molar-refractivity contribution is 5.82. The summed E-state index contributed by atoms with van der Waals surface area (Å²) >= 11 is 0. The van der Waals surface area contributed by atoms with E-state index in [1.54, 1.807) is 0 Å². The van der Waals surface area contributed by atoms with Gasteiger partial charge in [-0.2, -0.15) is 0 Å². The van der Waals surface area contributed by atoms with Crippen molar-refractivity contribution in [2.45, 2.75) is 66.9 Å². The van der Waals surface area contributed by atoms with E-state index in [1.807, 2.05) is 26.8 Å². The van der Waals surface area contributed by atoms with Crippen molar-refractivity contribution in [3.8, 4) is 0 Å². The zero-order valence-electron chi connectivity index (χ0n) is 13.7. The first-order valence-electron chi connectivity index (χ1n) is 7.46. The maximum absolute atomic E-state index is 11.6. The van der Waals surface area contributed by atoms with Gasteiger partial charge in [0.25, 0.3) is 0 Å². The maximum Gasteiger partial charge on any atom is 0.331 e. The van der Waals surface area contributed by atoms with Crippen molar-refractivity contribution < 1.29 is 9.53 Å². The fourth-order valence-electron chi connectivity index (χ4n) is 2.73. The zero-order valence-corrected chi connectivity index (χ0v) is 13.7. The summed E-state index contributed by atoms with van der Waals surface area (Å²) < 4.78 is 5.33. The minimum atomic E-state index is -0.268. The molecule has 2 nitrogen and oxygen atoms in total. The molecule has 0 saturated heterocycles. The van der Waals surface area contributed by atoms with Crippen LogP contribution in [0.4, 0.5) is 0 Å². The molecule has 0 aromatic rings. The molecule has 0 radical (unpaired) electrons. The summed E-state index contributed by atoms with van der Waals surface area (Å²) in [5, 5.41) is 0. The van der Waals surface area contributed by atoms with Gasteiger partial charge < -0.3 is 4.74 Å². The van der Waals surface area contributed by atoms with Gasteiger partial charge in [0.1, 0.15) is 6.10 Å². The molecule has 1 aliphatic rings. The lowest BCUT2D eigenvalue weighted by atomic mass is 9.72. The Balaban J connectivity index is 2.72. The first kappa shape index (κ1) is 16.7. The number of carbonyl (C=O) groups is 1. The topological polar surface area (TPSA) is 26.3 Å².